The first kappa shape index (κ1) is 11.5. The third-order valence-electron chi connectivity index (χ3n) is 2.82. The summed E-state index contributed by atoms with van der Waals surface area (Å²) < 4.78 is 0. The number of nitrogens with one attached hydrogen (secondary N) is 2. The standard InChI is InChI=1S/C11H17N3OS/c1-2-10(15)14-11-8-3-5-16-6-4-9(8)12-7-13-11/h7,9H,2-6H2,1H3,(H,12,13)(H,14,15). The van der Waals surface area contributed by atoms with Crippen LogP contribution in [0.4, 0.5) is 0 Å². The lowest BCUT2D eigenvalue weighted by Crippen LogP contribution is -2.36. The lowest BCUT2D eigenvalue weighted by atomic mass is 10.0. The van der Waals surface area contributed by atoms with Gasteiger partial charge in [0.1, 0.15) is 5.82 Å². The first-order valence-electron chi connectivity index (χ1n) is 5.70. The van der Waals surface area contributed by atoms with E-state index in [0.717, 1.165) is 30.2 Å². The van der Waals surface area contributed by atoms with Gasteiger partial charge >= 0.3 is 0 Å². The van der Waals surface area contributed by atoms with Crippen LogP contribution in [0.5, 0.6) is 0 Å². The third kappa shape index (κ3) is 2.58. The number of nitrogens with zero attached hydrogens (tertiary/aromatic N) is 1. The van der Waals surface area contributed by atoms with Crippen LogP contribution >= 0.6 is 11.8 Å². The highest BCUT2D eigenvalue weighted by Crippen LogP contribution is 2.26. The van der Waals surface area contributed by atoms with Crippen molar-refractivity contribution >= 4 is 24.0 Å². The molecule has 1 saturated heterocycles. The van der Waals surface area contributed by atoms with Crippen LogP contribution in [0.3, 0.4) is 0 Å². The molecule has 16 heavy (non-hydrogen) atoms. The Kier molecular flexibility index (Phi) is 3.88. The smallest absolute Gasteiger partial charge is 0.225 e. The Labute approximate surface area is 100.0 Å². The predicted molar refractivity (Wildman–Crippen MR) is 67.4 cm³/mol. The van der Waals surface area contributed by atoms with E-state index in [1.54, 1.807) is 6.34 Å². The van der Waals surface area contributed by atoms with Crippen molar-refractivity contribution < 1.29 is 4.79 Å². The molecule has 1 fully saturated rings. The maximum Gasteiger partial charge on any atom is 0.225 e. The molecule has 2 aliphatic heterocycles. The van der Waals surface area contributed by atoms with Gasteiger partial charge in [-0.1, -0.05) is 6.92 Å². The summed E-state index contributed by atoms with van der Waals surface area (Å²) in [5.74, 6) is 3.20. The minimum absolute atomic E-state index is 0.0564. The van der Waals surface area contributed by atoms with E-state index in [1.165, 1.54) is 5.57 Å². The van der Waals surface area contributed by atoms with E-state index in [9.17, 15) is 4.79 Å². The van der Waals surface area contributed by atoms with Gasteiger partial charge in [-0.2, -0.15) is 11.8 Å². The zero-order chi connectivity index (χ0) is 11.4. The molecule has 5 heteroatoms. The Balaban J connectivity index is 2.15. The van der Waals surface area contributed by atoms with Crippen molar-refractivity contribution in [3.63, 3.8) is 0 Å². The normalized spacial score (nSPS) is 24.4. The van der Waals surface area contributed by atoms with Gasteiger partial charge in [-0.25, -0.2) is 0 Å². The fourth-order valence-electron chi connectivity index (χ4n) is 1.90. The molecule has 0 saturated carbocycles. The number of rotatable bonds is 2. The molecule has 1 amide bonds. The molecule has 0 aromatic heterocycles. The van der Waals surface area contributed by atoms with E-state index in [4.69, 9.17) is 0 Å². The Morgan fingerprint density at radius 1 is 1.69 bits per heavy atom. The second-order valence-electron chi connectivity index (χ2n) is 3.89. The van der Waals surface area contributed by atoms with Gasteiger partial charge in [0, 0.05) is 6.42 Å². The highest BCUT2D eigenvalue weighted by Gasteiger charge is 2.23. The molecule has 4 nitrogen and oxygen atoms in total. The lowest BCUT2D eigenvalue weighted by Gasteiger charge is -2.23. The highest BCUT2D eigenvalue weighted by atomic mass is 32.2. The first-order chi connectivity index (χ1) is 7.81. The maximum atomic E-state index is 11.4. The van der Waals surface area contributed by atoms with E-state index in [2.05, 4.69) is 15.6 Å². The van der Waals surface area contributed by atoms with Gasteiger partial charge in [0.05, 0.1) is 12.4 Å². The number of hydrogen-bond donors (Lipinski definition) is 2. The van der Waals surface area contributed by atoms with Crippen LogP contribution in [0.15, 0.2) is 16.4 Å². The van der Waals surface area contributed by atoms with Crippen LogP contribution in [0.1, 0.15) is 26.2 Å². The second kappa shape index (κ2) is 5.39. The Morgan fingerprint density at radius 2 is 2.56 bits per heavy atom. The van der Waals surface area contributed by atoms with Crippen LogP contribution in [0.2, 0.25) is 0 Å². The zero-order valence-corrected chi connectivity index (χ0v) is 10.3. The van der Waals surface area contributed by atoms with E-state index in [1.807, 2.05) is 18.7 Å². The average molecular weight is 239 g/mol. The highest BCUT2D eigenvalue weighted by molar-refractivity contribution is 7.99. The van der Waals surface area contributed by atoms with Gasteiger partial charge in [0.15, 0.2) is 0 Å². The molecule has 0 aliphatic carbocycles. The Hall–Kier alpha value is -0.970. The summed E-state index contributed by atoms with van der Waals surface area (Å²) in [6, 6.07) is 0.267. The number of fused-ring (bicyclic) bond motifs is 1. The van der Waals surface area contributed by atoms with Gasteiger partial charge in [0.25, 0.3) is 0 Å². The lowest BCUT2D eigenvalue weighted by molar-refractivity contribution is -0.120. The van der Waals surface area contributed by atoms with Gasteiger partial charge in [0.2, 0.25) is 5.91 Å². The maximum absolute atomic E-state index is 11.4. The first-order valence-corrected chi connectivity index (χ1v) is 6.85. The fraction of sp³-hybridized carbons (Fsp3) is 0.636. The summed E-state index contributed by atoms with van der Waals surface area (Å²) in [6.07, 6.45) is 4.30. The number of carbonyl (C=O) groups excluding carboxylic acids is 1. The molecular weight excluding hydrogens is 222 g/mol. The zero-order valence-electron chi connectivity index (χ0n) is 9.45. The summed E-state index contributed by atoms with van der Waals surface area (Å²) in [7, 11) is 0. The topological polar surface area (TPSA) is 53.5 Å². The van der Waals surface area contributed by atoms with Crippen molar-refractivity contribution in [2.45, 2.75) is 32.2 Å². The molecule has 88 valence electrons. The largest absolute Gasteiger partial charge is 0.333 e. The van der Waals surface area contributed by atoms with E-state index >= 15 is 0 Å². The molecule has 0 radical (unpaired) electrons. The van der Waals surface area contributed by atoms with Crippen LogP contribution in [-0.2, 0) is 4.79 Å². The third-order valence-corrected chi connectivity index (χ3v) is 3.84. The summed E-state index contributed by atoms with van der Waals surface area (Å²) in [4.78, 5) is 15.8. The summed E-state index contributed by atoms with van der Waals surface area (Å²) in [5, 5.41) is 5.98. The SMILES string of the molecule is CCC(=O)NC1=C2CCSCCC2N=CN1. The van der Waals surface area contributed by atoms with Gasteiger partial charge in [-0.05, 0) is 29.9 Å². The molecule has 0 spiro atoms. The number of amides is 1. The second-order valence-corrected chi connectivity index (χ2v) is 5.12. The van der Waals surface area contributed by atoms with Gasteiger partial charge in [-0.15, -0.1) is 0 Å². The summed E-state index contributed by atoms with van der Waals surface area (Å²) in [6.45, 7) is 1.86. The molecule has 0 bridgehead atoms. The molecule has 2 rings (SSSR count). The van der Waals surface area contributed by atoms with E-state index < -0.39 is 0 Å². The molecule has 2 N–H and O–H groups in total. The Bertz CT molecular complexity index is 338. The molecule has 0 aromatic carbocycles. The number of thioether (sulfide) groups is 1. The quantitative estimate of drug-likeness (QED) is 0.762. The summed E-state index contributed by atoms with van der Waals surface area (Å²) in [5.41, 5.74) is 1.26. The van der Waals surface area contributed by atoms with Crippen molar-refractivity contribution in [3.8, 4) is 0 Å². The number of hydrogen-bond acceptors (Lipinski definition) is 4. The van der Waals surface area contributed by atoms with Crippen LogP contribution in [-0.4, -0.2) is 29.8 Å². The predicted octanol–water partition coefficient (Wildman–Crippen LogP) is 1.25. The van der Waals surface area contributed by atoms with Crippen LogP contribution < -0.4 is 10.6 Å². The monoisotopic (exact) mass is 239 g/mol. The van der Waals surface area contributed by atoms with Gasteiger partial charge in [-0.3, -0.25) is 9.79 Å². The van der Waals surface area contributed by atoms with Crippen molar-refractivity contribution in [1.82, 2.24) is 10.6 Å². The fourth-order valence-corrected chi connectivity index (χ4v) is 2.86. The van der Waals surface area contributed by atoms with Crippen molar-refractivity contribution in [2.75, 3.05) is 11.5 Å². The van der Waals surface area contributed by atoms with Gasteiger partial charge < -0.3 is 10.6 Å². The van der Waals surface area contributed by atoms with E-state index in [-0.39, 0.29) is 11.9 Å². The van der Waals surface area contributed by atoms with E-state index in [0.29, 0.717) is 6.42 Å². The molecular formula is C11H17N3OS. The Morgan fingerprint density at radius 3 is 3.38 bits per heavy atom. The van der Waals surface area contributed by atoms with Crippen molar-refractivity contribution in [2.24, 2.45) is 4.99 Å². The molecule has 1 atom stereocenters. The minimum atomic E-state index is 0.0564. The molecule has 2 aliphatic rings. The molecule has 1 unspecified atom stereocenters. The number of carbonyl (C=O) groups is 1. The van der Waals surface area contributed by atoms with Crippen LogP contribution in [0.25, 0.3) is 0 Å². The molecule has 2 heterocycles. The van der Waals surface area contributed by atoms with Crippen LogP contribution in [0, 0.1) is 0 Å². The number of aliphatic imine (C=N–C) groups is 1. The molecule has 0 aromatic rings. The van der Waals surface area contributed by atoms with Crippen molar-refractivity contribution in [3.05, 3.63) is 11.4 Å². The minimum Gasteiger partial charge on any atom is -0.333 e. The van der Waals surface area contributed by atoms with Crippen molar-refractivity contribution in [1.29, 1.82) is 0 Å². The average Bonchev–Trinajstić information content (AvgIpc) is 2.54. The summed E-state index contributed by atoms with van der Waals surface area (Å²) >= 11 is 1.96.